The first-order valence-corrected chi connectivity index (χ1v) is 9.10. The zero-order chi connectivity index (χ0) is 10.9. The molecule has 0 N–H and O–H groups in total. The summed E-state index contributed by atoms with van der Waals surface area (Å²) in [6, 6.07) is 11.8. The molecule has 78 valence electrons. The Kier molecular flexibility index (Phi) is 2.61. The SMILES string of the molecule is C[Si](C)(C)Cc1cccc2cccnc12. The Morgan fingerprint density at radius 3 is 2.53 bits per heavy atom. The number of pyridine rings is 1. The summed E-state index contributed by atoms with van der Waals surface area (Å²) >= 11 is 0. The van der Waals surface area contributed by atoms with Crippen molar-refractivity contribution in [3.05, 3.63) is 42.1 Å². The molecule has 1 heterocycles. The van der Waals surface area contributed by atoms with Crippen LogP contribution in [-0.4, -0.2) is 13.1 Å². The average molecular weight is 215 g/mol. The quantitative estimate of drug-likeness (QED) is 0.697. The van der Waals surface area contributed by atoms with Crippen LogP contribution < -0.4 is 0 Å². The molecule has 0 spiro atoms. The molecule has 0 aliphatic carbocycles. The van der Waals surface area contributed by atoms with Crippen molar-refractivity contribution in [1.29, 1.82) is 0 Å². The van der Waals surface area contributed by atoms with Crippen molar-refractivity contribution in [3.8, 4) is 0 Å². The second kappa shape index (κ2) is 3.78. The van der Waals surface area contributed by atoms with Crippen LogP contribution in [0.1, 0.15) is 5.56 Å². The first-order chi connectivity index (χ1) is 7.06. The number of aromatic nitrogens is 1. The smallest absolute Gasteiger partial charge is 0.0730 e. The summed E-state index contributed by atoms with van der Waals surface area (Å²) in [7, 11) is -1.06. The van der Waals surface area contributed by atoms with Gasteiger partial charge in [-0.1, -0.05) is 43.9 Å². The number of para-hydroxylation sites is 1. The number of benzene rings is 1. The minimum atomic E-state index is -1.06. The van der Waals surface area contributed by atoms with Crippen LogP contribution in [0, 0.1) is 0 Å². The van der Waals surface area contributed by atoms with E-state index >= 15 is 0 Å². The molecule has 1 aromatic carbocycles. The monoisotopic (exact) mass is 215 g/mol. The Morgan fingerprint density at radius 2 is 1.80 bits per heavy atom. The van der Waals surface area contributed by atoms with Gasteiger partial charge in [-0.25, -0.2) is 0 Å². The third-order valence-corrected chi connectivity index (χ3v) is 3.88. The van der Waals surface area contributed by atoms with Gasteiger partial charge in [-0.15, -0.1) is 0 Å². The summed E-state index contributed by atoms with van der Waals surface area (Å²) < 4.78 is 0. The standard InChI is InChI=1S/C13H17NSi/c1-15(2,3)10-12-7-4-6-11-8-5-9-14-13(11)12/h4-9H,10H2,1-3H3. The minimum Gasteiger partial charge on any atom is -0.256 e. The molecule has 0 saturated carbocycles. The molecule has 2 aromatic rings. The van der Waals surface area contributed by atoms with Crippen LogP contribution in [0.2, 0.25) is 19.6 Å². The number of rotatable bonds is 2. The van der Waals surface area contributed by atoms with Gasteiger partial charge in [0.2, 0.25) is 0 Å². The van der Waals surface area contributed by atoms with Gasteiger partial charge < -0.3 is 0 Å². The van der Waals surface area contributed by atoms with E-state index in [1.54, 1.807) is 0 Å². The summed E-state index contributed by atoms with van der Waals surface area (Å²) in [6.45, 7) is 7.19. The third kappa shape index (κ3) is 2.45. The van der Waals surface area contributed by atoms with Crippen LogP contribution in [0.3, 0.4) is 0 Å². The third-order valence-electron chi connectivity index (χ3n) is 2.44. The van der Waals surface area contributed by atoms with Crippen LogP contribution in [-0.2, 0) is 6.04 Å². The highest BCUT2D eigenvalue weighted by atomic mass is 28.3. The van der Waals surface area contributed by atoms with Gasteiger partial charge >= 0.3 is 0 Å². The number of nitrogens with zero attached hydrogens (tertiary/aromatic N) is 1. The van der Waals surface area contributed by atoms with E-state index in [-0.39, 0.29) is 0 Å². The lowest BCUT2D eigenvalue weighted by Gasteiger charge is -2.16. The van der Waals surface area contributed by atoms with Crippen molar-refractivity contribution in [2.45, 2.75) is 25.7 Å². The normalized spacial score (nSPS) is 11.9. The molecule has 0 atom stereocenters. The van der Waals surface area contributed by atoms with E-state index in [4.69, 9.17) is 0 Å². The Bertz CT molecular complexity index is 466. The first-order valence-electron chi connectivity index (χ1n) is 5.39. The highest BCUT2D eigenvalue weighted by molar-refractivity contribution is 6.75. The van der Waals surface area contributed by atoms with Crippen molar-refractivity contribution in [2.24, 2.45) is 0 Å². The molecule has 0 radical (unpaired) electrons. The van der Waals surface area contributed by atoms with Gasteiger partial charge in [0, 0.05) is 19.7 Å². The van der Waals surface area contributed by atoms with Gasteiger partial charge in [0.25, 0.3) is 0 Å². The molecule has 0 saturated heterocycles. The van der Waals surface area contributed by atoms with Crippen molar-refractivity contribution in [1.82, 2.24) is 4.98 Å². The van der Waals surface area contributed by atoms with Crippen LogP contribution in [0.4, 0.5) is 0 Å². The molecule has 0 aliphatic heterocycles. The molecule has 15 heavy (non-hydrogen) atoms. The van der Waals surface area contributed by atoms with E-state index in [9.17, 15) is 0 Å². The van der Waals surface area contributed by atoms with Gasteiger partial charge in [0.05, 0.1) is 5.52 Å². The average Bonchev–Trinajstić information content (AvgIpc) is 2.16. The second-order valence-electron chi connectivity index (χ2n) is 5.23. The Hall–Kier alpha value is -1.15. The predicted octanol–water partition coefficient (Wildman–Crippen LogP) is 3.65. The Labute approximate surface area is 92.2 Å². The lowest BCUT2D eigenvalue weighted by Crippen LogP contribution is -2.24. The predicted molar refractivity (Wildman–Crippen MR) is 68.8 cm³/mol. The van der Waals surface area contributed by atoms with Crippen molar-refractivity contribution < 1.29 is 0 Å². The topological polar surface area (TPSA) is 12.9 Å². The summed E-state index contributed by atoms with van der Waals surface area (Å²) in [6.07, 6.45) is 1.88. The number of hydrogen-bond acceptors (Lipinski definition) is 1. The molecule has 2 rings (SSSR count). The summed E-state index contributed by atoms with van der Waals surface area (Å²) in [5.41, 5.74) is 2.59. The van der Waals surface area contributed by atoms with Gasteiger partial charge in [-0.2, -0.15) is 0 Å². The van der Waals surface area contributed by atoms with E-state index in [1.807, 2.05) is 12.3 Å². The fraction of sp³-hybridized carbons (Fsp3) is 0.308. The summed E-state index contributed by atoms with van der Waals surface area (Å²) in [5.74, 6) is 0. The first kappa shape index (κ1) is 10.4. The number of fused-ring (bicyclic) bond motifs is 1. The Balaban J connectivity index is 2.52. The summed E-state index contributed by atoms with van der Waals surface area (Å²) in [4.78, 5) is 4.49. The van der Waals surface area contributed by atoms with Crippen LogP contribution in [0.15, 0.2) is 36.5 Å². The zero-order valence-corrected chi connectivity index (χ0v) is 10.6. The maximum absolute atomic E-state index is 4.49. The van der Waals surface area contributed by atoms with Gasteiger partial charge in [-0.3, -0.25) is 4.98 Å². The van der Waals surface area contributed by atoms with Gasteiger partial charge in [0.1, 0.15) is 0 Å². The molecule has 0 unspecified atom stereocenters. The van der Waals surface area contributed by atoms with Gasteiger partial charge in [0.15, 0.2) is 0 Å². The van der Waals surface area contributed by atoms with Crippen molar-refractivity contribution >= 4 is 19.0 Å². The fourth-order valence-electron chi connectivity index (χ4n) is 1.88. The van der Waals surface area contributed by atoms with E-state index in [0.29, 0.717) is 0 Å². The maximum atomic E-state index is 4.49. The van der Waals surface area contributed by atoms with E-state index < -0.39 is 8.07 Å². The minimum absolute atomic E-state index is 1.06. The molecule has 0 fully saturated rings. The Morgan fingerprint density at radius 1 is 1.07 bits per heavy atom. The molecule has 1 aromatic heterocycles. The van der Waals surface area contributed by atoms with E-state index in [1.165, 1.54) is 22.5 Å². The van der Waals surface area contributed by atoms with Crippen molar-refractivity contribution in [2.75, 3.05) is 0 Å². The molecule has 1 nitrogen and oxygen atoms in total. The molecule has 0 bridgehead atoms. The highest BCUT2D eigenvalue weighted by Gasteiger charge is 2.15. The zero-order valence-electron chi connectivity index (χ0n) is 9.62. The molecular weight excluding hydrogens is 198 g/mol. The largest absolute Gasteiger partial charge is 0.256 e. The van der Waals surface area contributed by atoms with E-state index in [0.717, 1.165) is 0 Å². The molecular formula is C13H17NSi. The molecule has 2 heteroatoms. The van der Waals surface area contributed by atoms with E-state index in [2.05, 4.69) is 48.9 Å². The van der Waals surface area contributed by atoms with Gasteiger partial charge in [-0.05, 0) is 17.7 Å². The maximum Gasteiger partial charge on any atom is 0.0730 e. The molecule has 0 amide bonds. The summed E-state index contributed by atoms with van der Waals surface area (Å²) in [5, 5.41) is 1.26. The second-order valence-corrected chi connectivity index (χ2v) is 10.7. The molecule has 0 aliphatic rings. The van der Waals surface area contributed by atoms with Crippen molar-refractivity contribution in [3.63, 3.8) is 0 Å². The van der Waals surface area contributed by atoms with Crippen LogP contribution >= 0.6 is 0 Å². The fourth-order valence-corrected chi connectivity index (χ4v) is 3.31. The van der Waals surface area contributed by atoms with Crippen LogP contribution in [0.25, 0.3) is 10.9 Å². The number of hydrogen-bond donors (Lipinski definition) is 0. The lowest BCUT2D eigenvalue weighted by molar-refractivity contribution is 1.29. The highest BCUT2D eigenvalue weighted by Crippen LogP contribution is 2.20. The van der Waals surface area contributed by atoms with Crippen LogP contribution in [0.5, 0.6) is 0 Å². The lowest BCUT2D eigenvalue weighted by atomic mass is 10.1.